The van der Waals surface area contributed by atoms with Crippen LogP contribution in [0.2, 0.25) is 0 Å². The number of benzene rings is 1. The second-order valence-corrected chi connectivity index (χ2v) is 4.38. The molecular formula is C12H15ClO2. The third kappa shape index (κ3) is 3.24. The maximum absolute atomic E-state index is 11.3. The summed E-state index contributed by atoms with van der Waals surface area (Å²) >= 11 is 5.64. The van der Waals surface area contributed by atoms with E-state index < -0.39 is 11.3 Å². The van der Waals surface area contributed by atoms with E-state index in [9.17, 15) is 4.79 Å². The lowest BCUT2D eigenvalue weighted by molar-refractivity contribution is -0.133. The summed E-state index contributed by atoms with van der Waals surface area (Å²) in [6.45, 7) is 5.70. The van der Waals surface area contributed by atoms with Gasteiger partial charge in [-0.2, -0.15) is 0 Å². The van der Waals surface area contributed by atoms with Crippen molar-refractivity contribution in [2.45, 2.75) is 32.1 Å². The first-order chi connectivity index (χ1) is 7.02. The first-order valence-corrected chi connectivity index (χ1v) is 5.40. The Balaban J connectivity index is 2.89. The third-order valence-corrected chi connectivity index (χ3v) is 2.25. The summed E-state index contributed by atoms with van der Waals surface area (Å²) in [5.41, 5.74) is 1.02. The zero-order valence-electron chi connectivity index (χ0n) is 9.16. The van der Waals surface area contributed by atoms with E-state index in [0.717, 1.165) is 5.56 Å². The molecule has 1 atom stereocenters. The molecular weight excluding hydrogens is 212 g/mol. The van der Waals surface area contributed by atoms with E-state index in [4.69, 9.17) is 16.3 Å². The zero-order chi connectivity index (χ0) is 11.4. The lowest BCUT2D eigenvalue weighted by Gasteiger charge is -2.12. The molecule has 0 bridgehead atoms. The van der Waals surface area contributed by atoms with Crippen LogP contribution in [0, 0.1) is 0 Å². The summed E-state index contributed by atoms with van der Waals surface area (Å²) in [6, 6.07) is 7.50. The topological polar surface area (TPSA) is 26.3 Å². The number of para-hydroxylation sites is 1. The van der Waals surface area contributed by atoms with Crippen molar-refractivity contribution < 1.29 is 9.53 Å². The Morgan fingerprint density at radius 3 is 2.40 bits per heavy atom. The Bertz CT molecular complexity index is 345. The lowest BCUT2D eigenvalue weighted by atomic mass is 10.0. The second-order valence-electron chi connectivity index (χ2n) is 3.73. The standard InChI is InChI=1S/C12H15ClO2/c1-8(2)10-6-4-5-7-11(10)15-12(14)9(3)13/h4-9H,1-3H3. The van der Waals surface area contributed by atoms with Crippen molar-refractivity contribution >= 4 is 17.6 Å². The Kier molecular flexibility index (Phi) is 4.15. The average molecular weight is 227 g/mol. The van der Waals surface area contributed by atoms with Gasteiger partial charge >= 0.3 is 5.97 Å². The fourth-order valence-electron chi connectivity index (χ4n) is 1.24. The average Bonchev–Trinajstić information content (AvgIpc) is 2.18. The largest absolute Gasteiger partial charge is 0.425 e. The van der Waals surface area contributed by atoms with Crippen molar-refractivity contribution in [2.75, 3.05) is 0 Å². The highest BCUT2D eigenvalue weighted by Gasteiger charge is 2.14. The molecule has 0 saturated carbocycles. The van der Waals surface area contributed by atoms with E-state index in [1.807, 2.05) is 18.2 Å². The molecule has 15 heavy (non-hydrogen) atoms. The van der Waals surface area contributed by atoms with Crippen LogP contribution in [0.25, 0.3) is 0 Å². The molecule has 0 amide bonds. The summed E-state index contributed by atoms with van der Waals surface area (Å²) in [6.07, 6.45) is 0. The van der Waals surface area contributed by atoms with Crippen LogP contribution < -0.4 is 4.74 Å². The van der Waals surface area contributed by atoms with Gasteiger partial charge in [0, 0.05) is 0 Å². The smallest absolute Gasteiger partial charge is 0.329 e. The molecule has 1 aromatic rings. The van der Waals surface area contributed by atoms with Gasteiger partial charge in [0.25, 0.3) is 0 Å². The van der Waals surface area contributed by atoms with Crippen LogP contribution in [0.4, 0.5) is 0 Å². The van der Waals surface area contributed by atoms with Gasteiger partial charge in [-0.3, -0.25) is 4.79 Å². The number of rotatable bonds is 3. The highest BCUT2D eigenvalue weighted by molar-refractivity contribution is 6.29. The van der Waals surface area contributed by atoms with Gasteiger partial charge in [0.2, 0.25) is 0 Å². The molecule has 1 unspecified atom stereocenters. The molecule has 0 aliphatic carbocycles. The van der Waals surface area contributed by atoms with E-state index >= 15 is 0 Å². The second kappa shape index (κ2) is 5.17. The number of alkyl halides is 1. The number of hydrogen-bond donors (Lipinski definition) is 0. The summed E-state index contributed by atoms with van der Waals surface area (Å²) < 4.78 is 5.20. The monoisotopic (exact) mass is 226 g/mol. The molecule has 0 N–H and O–H groups in total. The molecule has 0 aromatic heterocycles. The minimum absolute atomic E-state index is 0.319. The van der Waals surface area contributed by atoms with Gasteiger partial charge in [0.1, 0.15) is 11.1 Å². The molecule has 0 spiro atoms. The van der Waals surface area contributed by atoms with Crippen molar-refractivity contribution in [3.05, 3.63) is 29.8 Å². The van der Waals surface area contributed by atoms with Gasteiger partial charge in [-0.1, -0.05) is 32.0 Å². The molecule has 2 nitrogen and oxygen atoms in total. The molecule has 82 valence electrons. The van der Waals surface area contributed by atoms with Crippen molar-refractivity contribution in [2.24, 2.45) is 0 Å². The number of carbonyl (C=O) groups is 1. The predicted molar refractivity (Wildman–Crippen MR) is 61.5 cm³/mol. The van der Waals surface area contributed by atoms with Crippen LogP contribution in [0.5, 0.6) is 5.75 Å². The maximum atomic E-state index is 11.3. The molecule has 0 heterocycles. The van der Waals surface area contributed by atoms with Gasteiger partial charge in [-0.15, -0.1) is 11.6 Å². The summed E-state index contributed by atoms with van der Waals surface area (Å²) in [4.78, 5) is 11.3. The highest BCUT2D eigenvalue weighted by Crippen LogP contribution is 2.26. The summed E-state index contributed by atoms with van der Waals surface area (Å²) in [5.74, 6) is 0.509. The first-order valence-electron chi connectivity index (χ1n) is 4.97. The van der Waals surface area contributed by atoms with Gasteiger partial charge in [0.15, 0.2) is 0 Å². The van der Waals surface area contributed by atoms with Crippen LogP contribution in [0.3, 0.4) is 0 Å². The highest BCUT2D eigenvalue weighted by atomic mass is 35.5. The molecule has 0 radical (unpaired) electrons. The predicted octanol–water partition coefficient (Wildman–Crippen LogP) is 3.34. The molecule has 0 fully saturated rings. The zero-order valence-corrected chi connectivity index (χ0v) is 9.91. The maximum Gasteiger partial charge on any atom is 0.329 e. The lowest BCUT2D eigenvalue weighted by Crippen LogP contribution is -2.18. The van der Waals surface area contributed by atoms with Crippen LogP contribution in [0.1, 0.15) is 32.3 Å². The van der Waals surface area contributed by atoms with Gasteiger partial charge in [-0.25, -0.2) is 0 Å². The quantitative estimate of drug-likeness (QED) is 0.449. The SMILES string of the molecule is CC(Cl)C(=O)Oc1ccccc1C(C)C. The molecule has 1 rings (SSSR count). The number of hydrogen-bond acceptors (Lipinski definition) is 2. The minimum Gasteiger partial charge on any atom is -0.425 e. The van der Waals surface area contributed by atoms with Crippen molar-refractivity contribution in [1.82, 2.24) is 0 Å². The van der Waals surface area contributed by atoms with Crippen molar-refractivity contribution in [1.29, 1.82) is 0 Å². The third-order valence-electron chi connectivity index (χ3n) is 2.08. The first kappa shape index (κ1) is 12.1. The summed E-state index contributed by atoms with van der Waals surface area (Å²) in [5, 5.41) is -0.620. The van der Waals surface area contributed by atoms with Crippen LogP contribution in [-0.2, 0) is 4.79 Å². The van der Waals surface area contributed by atoms with E-state index in [1.165, 1.54) is 0 Å². The molecule has 0 aliphatic rings. The van der Waals surface area contributed by atoms with Crippen LogP contribution in [0.15, 0.2) is 24.3 Å². The van der Waals surface area contributed by atoms with Gasteiger partial charge in [-0.05, 0) is 24.5 Å². The number of ether oxygens (including phenoxy) is 1. The van der Waals surface area contributed by atoms with E-state index in [0.29, 0.717) is 11.7 Å². The number of esters is 1. The van der Waals surface area contributed by atoms with Crippen LogP contribution >= 0.6 is 11.6 Å². The minimum atomic E-state index is -0.620. The van der Waals surface area contributed by atoms with Gasteiger partial charge < -0.3 is 4.74 Å². The molecule has 0 saturated heterocycles. The van der Waals surface area contributed by atoms with Gasteiger partial charge in [0.05, 0.1) is 0 Å². The number of carbonyl (C=O) groups excluding carboxylic acids is 1. The fraction of sp³-hybridized carbons (Fsp3) is 0.417. The summed E-state index contributed by atoms with van der Waals surface area (Å²) in [7, 11) is 0. The van der Waals surface area contributed by atoms with Crippen LogP contribution in [-0.4, -0.2) is 11.3 Å². The molecule has 3 heteroatoms. The van der Waals surface area contributed by atoms with E-state index in [-0.39, 0.29) is 0 Å². The van der Waals surface area contributed by atoms with E-state index in [1.54, 1.807) is 13.0 Å². The Labute approximate surface area is 95.2 Å². The van der Waals surface area contributed by atoms with Crippen molar-refractivity contribution in [3.63, 3.8) is 0 Å². The Hall–Kier alpha value is -1.02. The fourth-order valence-corrected chi connectivity index (χ4v) is 1.28. The Morgan fingerprint density at radius 2 is 1.87 bits per heavy atom. The number of halogens is 1. The molecule has 0 aliphatic heterocycles. The normalized spacial score (nSPS) is 12.6. The van der Waals surface area contributed by atoms with E-state index in [2.05, 4.69) is 13.8 Å². The Morgan fingerprint density at radius 1 is 1.27 bits per heavy atom. The van der Waals surface area contributed by atoms with Crippen molar-refractivity contribution in [3.8, 4) is 5.75 Å². The molecule has 1 aromatic carbocycles.